The number of aryl methyl sites for hydroxylation is 1. The summed E-state index contributed by atoms with van der Waals surface area (Å²) in [5, 5.41) is 20.3. The van der Waals surface area contributed by atoms with E-state index in [2.05, 4.69) is 4.98 Å². The quantitative estimate of drug-likeness (QED) is 0.692. The number of pyridine rings is 1. The normalized spacial score (nSPS) is 10.2. The maximum atomic E-state index is 12.0. The number of nitriles is 1. The average Bonchev–Trinajstić information content (AvgIpc) is 2.49. The Morgan fingerprint density at radius 1 is 1.41 bits per heavy atom. The highest BCUT2D eigenvalue weighted by Crippen LogP contribution is 2.30. The fourth-order valence-electron chi connectivity index (χ4n) is 2.52. The van der Waals surface area contributed by atoms with Crippen LogP contribution in [-0.4, -0.2) is 9.91 Å². The molecule has 2 aromatic rings. The third kappa shape index (κ3) is 2.74. The molecule has 0 aliphatic rings. The van der Waals surface area contributed by atoms with Gasteiger partial charge in [0.25, 0.3) is 11.2 Å². The first-order valence-corrected chi connectivity index (χ1v) is 6.90. The molecule has 0 aliphatic heterocycles. The number of rotatable bonds is 4. The second-order valence-corrected chi connectivity index (χ2v) is 4.98. The van der Waals surface area contributed by atoms with Crippen molar-refractivity contribution >= 4 is 5.69 Å². The van der Waals surface area contributed by atoms with E-state index in [1.54, 1.807) is 19.1 Å². The maximum absolute atomic E-state index is 12.0. The molecule has 0 bridgehead atoms. The first kappa shape index (κ1) is 15.4. The largest absolute Gasteiger partial charge is 0.325 e. The van der Waals surface area contributed by atoms with Gasteiger partial charge in [0.1, 0.15) is 11.6 Å². The van der Waals surface area contributed by atoms with Crippen LogP contribution in [0.1, 0.15) is 30.2 Å². The van der Waals surface area contributed by atoms with Gasteiger partial charge in [-0.2, -0.15) is 5.26 Å². The van der Waals surface area contributed by atoms with Crippen LogP contribution in [0.15, 0.2) is 29.1 Å². The van der Waals surface area contributed by atoms with Crippen molar-refractivity contribution in [1.29, 1.82) is 5.26 Å². The molecule has 0 spiro atoms. The summed E-state index contributed by atoms with van der Waals surface area (Å²) in [6, 6.07) is 7.94. The van der Waals surface area contributed by atoms with Crippen molar-refractivity contribution in [3.05, 3.63) is 61.6 Å². The van der Waals surface area contributed by atoms with Crippen molar-refractivity contribution in [2.75, 3.05) is 0 Å². The van der Waals surface area contributed by atoms with Gasteiger partial charge >= 0.3 is 0 Å². The smallest absolute Gasteiger partial charge is 0.270 e. The molecule has 0 radical (unpaired) electrons. The lowest BCUT2D eigenvalue weighted by Gasteiger charge is -2.13. The Bertz CT molecular complexity index is 832. The van der Waals surface area contributed by atoms with Crippen LogP contribution in [0.4, 0.5) is 5.69 Å². The fraction of sp³-hybridized carbons (Fsp3) is 0.250. The third-order valence-corrected chi connectivity index (χ3v) is 3.49. The zero-order valence-electron chi connectivity index (χ0n) is 12.3. The van der Waals surface area contributed by atoms with Crippen LogP contribution in [0.2, 0.25) is 0 Å². The molecule has 0 saturated carbocycles. The molecule has 1 aromatic heterocycles. The van der Waals surface area contributed by atoms with E-state index >= 15 is 0 Å². The average molecular weight is 297 g/mol. The molecular weight excluding hydrogens is 282 g/mol. The van der Waals surface area contributed by atoms with Gasteiger partial charge in [-0.25, -0.2) is 0 Å². The van der Waals surface area contributed by atoms with Crippen LogP contribution >= 0.6 is 0 Å². The lowest BCUT2D eigenvalue weighted by Crippen LogP contribution is -2.16. The van der Waals surface area contributed by atoms with Gasteiger partial charge in [0, 0.05) is 23.4 Å². The Hall–Kier alpha value is -2.94. The van der Waals surface area contributed by atoms with Gasteiger partial charge in [0.2, 0.25) is 0 Å². The van der Waals surface area contributed by atoms with Crippen molar-refractivity contribution < 1.29 is 4.92 Å². The number of nitrogens with zero attached hydrogens (tertiary/aromatic N) is 2. The number of hydrogen-bond donors (Lipinski definition) is 1. The van der Waals surface area contributed by atoms with E-state index in [-0.39, 0.29) is 11.3 Å². The SMILES string of the molecule is CCCc1c(C)[nH]c(=O)c(C#N)c1-c1cccc([N+](=O)[O-])c1. The molecule has 2 rings (SSSR count). The van der Waals surface area contributed by atoms with Crippen molar-refractivity contribution in [1.82, 2.24) is 4.98 Å². The summed E-state index contributed by atoms with van der Waals surface area (Å²) in [4.78, 5) is 25.2. The van der Waals surface area contributed by atoms with Crippen LogP contribution in [0, 0.1) is 28.4 Å². The highest BCUT2D eigenvalue weighted by molar-refractivity contribution is 5.75. The lowest BCUT2D eigenvalue weighted by molar-refractivity contribution is -0.384. The Labute approximate surface area is 127 Å². The van der Waals surface area contributed by atoms with E-state index in [4.69, 9.17) is 0 Å². The molecule has 0 atom stereocenters. The topological polar surface area (TPSA) is 99.8 Å². The molecular formula is C16H15N3O3. The summed E-state index contributed by atoms with van der Waals surface area (Å²) >= 11 is 0. The Morgan fingerprint density at radius 2 is 2.14 bits per heavy atom. The Balaban J connectivity index is 2.83. The minimum atomic E-state index is -0.491. The van der Waals surface area contributed by atoms with Gasteiger partial charge in [-0.15, -0.1) is 0 Å². The van der Waals surface area contributed by atoms with Crippen LogP contribution in [0.3, 0.4) is 0 Å². The molecule has 0 unspecified atom stereocenters. The van der Waals surface area contributed by atoms with E-state index < -0.39 is 10.5 Å². The van der Waals surface area contributed by atoms with Crippen LogP contribution < -0.4 is 5.56 Å². The van der Waals surface area contributed by atoms with Crippen LogP contribution in [-0.2, 0) is 6.42 Å². The minimum Gasteiger partial charge on any atom is -0.325 e. The summed E-state index contributed by atoms with van der Waals surface area (Å²) < 4.78 is 0. The van der Waals surface area contributed by atoms with Crippen molar-refractivity contribution in [3.8, 4) is 17.2 Å². The van der Waals surface area contributed by atoms with E-state index in [0.717, 1.165) is 12.0 Å². The summed E-state index contributed by atoms with van der Waals surface area (Å²) in [6.07, 6.45) is 1.51. The molecule has 112 valence electrons. The van der Waals surface area contributed by atoms with Gasteiger partial charge in [0.15, 0.2) is 0 Å². The first-order valence-electron chi connectivity index (χ1n) is 6.90. The van der Waals surface area contributed by atoms with Crippen molar-refractivity contribution in [2.45, 2.75) is 26.7 Å². The predicted molar refractivity (Wildman–Crippen MR) is 82.6 cm³/mol. The fourth-order valence-corrected chi connectivity index (χ4v) is 2.52. The molecule has 22 heavy (non-hydrogen) atoms. The van der Waals surface area contributed by atoms with E-state index in [1.807, 2.05) is 13.0 Å². The van der Waals surface area contributed by atoms with Crippen molar-refractivity contribution in [3.63, 3.8) is 0 Å². The standard InChI is InChI=1S/C16H15N3O3/c1-3-5-13-10(2)18-16(20)14(9-17)15(13)11-6-4-7-12(8-11)19(21)22/h4,6-8H,3,5H2,1-2H3,(H,18,20). The highest BCUT2D eigenvalue weighted by atomic mass is 16.6. The number of nitro benzene ring substituents is 1. The molecule has 0 saturated heterocycles. The molecule has 1 N–H and O–H groups in total. The Kier molecular flexibility index (Phi) is 4.37. The molecule has 6 nitrogen and oxygen atoms in total. The lowest BCUT2D eigenvalue weighted by atomic mass is 9.92. The third-order valence-electron chi connectivity index (χ3n) is 3.49. The van der Waals surface area contributed by atoms with Crippen LogP contribution in [0.5, 0.6) is 0 Å². The van der Waals surface area contributed by atoms with E-state index in [9.17, 15) is 20.2 Å². The van der Waals surface area contributed by atoms with Crippen molar-refractivity contribution in [2.24, 2.45) is 0 Å². The number of H-pyrrole nitrogens is 1. The molecule has 6 heteroatoms. The second kappa shape index (κ2) is 6.22. The predicted octanol–water partition coefficient (Wildman–Crippen LogP) is 3.08. The number of aromatic amines is 1. The number of non-ortho nitro benzene ring substituents is 1. The van der Waals surface area contributed by atoms with Gasteiger partial charge in [0.05, 0.1) is 4.92 Å². The van der Waals surface area contributed by atoms with Crippen LogP contribution in [0.25, 0.3) is 11.1 Å². The maximum Gasteiger partial charge on any atom is 0.270 e. The van der Waals surface area contributed by atoms with E-state index in [1.165, 1.54) is 12.1 Å². The molecule has 1 aromatic carbocycles. The zero-order valence-corrected chi connectivity index (χ0v) is 12.3. The zero-order chi connectivity index (χ0) is 16.3. The Morgan fingerprint density at radius 3 is 2.73 bits per heavy atom. The molecule has 0 fully saturated rings. The van der Waals surface area contributed by atoms with Gasteiger partial charge < -0.3 is 4.98 Å². The number of nitrogens with one attached hydrogen (secondary N) is 1. The summed E-state index contributed by atoms with van der Waals surface area (Å²) in [5.74, 6) is 0. The van der Waals surface area contributed by atoms with E-state index in [0.29, 0.717) is 23.2 Å². The number of nitro groups is 1. The summed E-state index contributed by atoms with van der Waals surface area (Å²) in [6.45, 7) is 3.77. The molecule has 0 aliphatic carbocycles. The number of hydrogen-bond acceptors (Lipinski definition) is 4. The monoisotopic (exact) mass is 297 g/mol. The highest BCUT2D eigenvalue weighted by Gasteiger charge is 2.18. The number of aromatic nitrogens is 1. The summed E-state index contributed by atoms with van der Waals surface area (Å²) in [5.41, 5.74) is 2.00. The number of benzene rings is 1. The molecule has 1 heterocycles. The van der Waals surface area contributed by atoms with Gasteiger partial charge in [-0.1, -0.05) is 25.5 Å². The first-order chi connectivity index (χ1) is 10.5. The second-order valence-electron chi connectivity index (χ2n) is 4.98. The molecule has 0 amide bonds. The summed E-state index contributed by atoms with van der Waals surface area (Å²) in [7, 11) is 0. The van der Waals surface area contributed by atoms with Gasteiger partial charge in [-0.3, -0.25) is 14.9 Å². The minimum absolute atomic E-state index is 0.00505. The van der Waals surface area contributed by atoms with Gasteiger partial charge in [-0.05, 0) is 24.5 Å².